The van der Waals surface area contributed by atoms with Gasteiger partial charge in [-0.15, -0.1) is 10.2 Å². The van der Waals surface area contributed by atoms with E-state index >= 15 is 0 Å². The van der Waals surface area contributed by atoms with Gasteiger partial charge < -0.3 is 15.2 Å². The van der Waals surface area contributed by atoms with Gasteiger partial charge in [0.1, 0.15) is 23.4 Å². The lowest BCUT2D eigenvalue weighted by Crippen LogP contribution is -2.36. The maximum atomic E-state index is 13.5. The lowest BCUT2D eigenvalue weighted by molar-refractivity contribution is 0.171. The molecule has 47 heavy (non-hydrogen) atoms. The van der Waals surface area contributed by atoms with Crippen molar-refractivity contribution in [1.82, 2.24) is 29.7 Å². The van der Waals surface area contributed by atoms with Gasteiger partial charge in [-0.05, 0) is 67.3 Å². The molecule has 2 amide bonds. The molecule has 6 aromatic rings. The van der Waals surface area contributed by atoms with Crippen LogP contribution in [0.5, 0.6) is 11.5 Å². The van der Waals surface area contributed by atoms with E-state index < -0.39 is 0 Å². The standard InChI is InChI=1S/C37H37N7O3/c1-23-13-15-24(16-14-23)44-34(21-32(42-44)37(2,3)4)39-36(46)38-29-18-19-31(27-10-6-5-9-26(27)29)47-25-17-20-33-40-41-35(43(33)22-25)28-11-7-8-12-30(28)45/h5-17,20-22,29,31,45H,18-19H2,1-4H3,(H2,38,39,46). The number of fused-ring (bicyclic) bond motifs is 2. The number of phenols is 1. The second kappa shape index (κ2) is 11.9. The highest BCUT2D eigenvalue weighted by molar-refractivity contribution is 5.89. The zero-order valence-corrected chi connectivity index (χ0v) is 26.8. The van der Waals surface area contributed by atoms with Crippen molar-refractivity contribution < 1.29 is 14.6 Å². The maximum Gasteiger partial charge on any atom is 0.320 e. The number of hydrogen-bond donors (Lipinski definition) is 3. The number of urea groups is 1. The topological polar surface area (TPSA) is 119 Å². The van der Waals surface area contributed by atoms with Crippen molar-refractivity contribution >= 4 is 17.5 Å². The number of para-hydroxylation sites is 1. The molecule has 238 valence electrons. The number of aromatic hydroxyl groups is 1. The fourth-order valence-corrected chi connectivity index (χ4v) is 6.00. The number of amides is 2. The molecule has 2 unspecified atom stereocenters. The van der Waals surface area contributed by atoms with Crippen LogP contribution in [-0.4, -0.2) is 35.5 Å². The van der Waals surface area contributed by atoms with Crippen LogP contribution in [0.1, 0.15) is 68.1 Å². The van der Waals surface area contributed by atoms with E-state index in [0.29, 0.717) is 41.4 Å². The Kier molecular flexibility index (Phi) is 7.63. The molecule has 0 radical (unpaired) electrons. The summed E-state index contributed by atoms with van der Waals surface area (Å²) in [4.78, 5) is 13.5. The molecule has 3 aromatic carbocycles. The number of ether oxygens (including phenoxy) is 1. The van der Waals surface area contributed by atoms with Gasteiger partial charge in [-0.25, -0.2) is 9.48 Å². The number of aryl methyl sites for hydroxylation is 1. The van der Waals surface area contributed by atoms with Crippen LogP contribution in [-0.2, 0) is 5.41 Å². The Bertz CT molecular complexity index is 2070. The van der Waals surface area contributed by atoms with E-state index in [-0.39, 0.29) is 29.3 Å². The Morgan fingerprint density at radius 3 is 2.43 bits per heavy atom. The molecule has 0 fully saturated rings. The number of anilines is 1. The van der Waals surface area contributed by atoms with E-state index in [2.05, 4.69) is 47.7 Å². The molecule has 3 aromatic heterocycles. The average molecular weight is 628 g/mol. The van der Waals surface area contributed by atoms with Gasteiger partial charge in [0.15, 0.2) is 11.5 Å². The van der Waals surface area contributed by atoms with Crippen LogP contribution >= 0.6 is 0 Å². The normalized spacial score (nSPS) is 16.1. The molecule has 0 bridgehead atoms. The summed E-state index contributed by atoms with van der Waals surface area (Å²) in [5, 5.41) is 30.1. The molecule has 0 saturated heterocycles. The minimum atomic E-state index is -0.298. The van der Waals surface area contributed by atoms with Crippen molar-refractivity contribution in [2.24, 2.45) is 0 Å². The zero-order chi connectivity index (χ0) is 32.7. The molecular formula is C37H37N7O3. The summed E-state index contributed by atoms with van der Waals surface area (Å²) < 4.78 is 10.2. The third-order valence-corrected chi connectivity index (χ3v) is 8.54. The Hall–Kier alpha value is -5.64. The van der Waals surface area contributed by atoms with Crippen LogP contribution in [0.25, 0.3) is 22.7 Å². The minimum absolute atomic E-state index is 0.131. The molecular weight excluding hydrogens is 590 g/mol. The first kappa shape index (κ1) is 30.0. The first-order valence-electron chi connectivity index (χ1n) is 15.8. The average Bonchev–Trinajstić information content (AvgIpc) is 3.67. The smallest absolute Gasteiger partial charge is 0.320 e. The van der Waals surface area contributed by atoms with Crippen LogP contribution in [0, 0.1) is 6.92 Å². The summed E-state index contributed by atoms with van der Waals surface area (Å²) in [5.41, 5.74) is 5.99. The predicted molar refractivity (Wildman–Crippen MR) is 181 cm³/mol. The van der Waals surface area contributed by atoms with Gasteiger partial charge in [0, 0.05) is 11.5 Å². The molecule has 10 nitrogen and oxygen atoms in total. The molecule has 1 aliphatic carbocycles. The van der Waals surface area contributed by atoms with Gasteiger partial charge in [-0.1, -0.05) is 74.9 Å². The Morgan fingerprint density at radius 2 is 1.66 bits per heavy atom. The van der Waals surface area contributed by atoms with E-state index in [1.165, 1.54) is 0 Å². The fourth-order valence-electron chi connectivity index (χ4n) is 6.00. The van der Waals surface area contributed by atoms with Gasteiger partial charge in [0.05, 0.1) is 29.2 Å². The summed E-state index contributed by atoms with van der Waals surface area (Å²) in [6.07, 6.45) is 3.02. The van der Waals surface area contributed by atoms with Gasteiger partial charge >= 0.3 is 6.03 Å². The highest BCUT2D eigenvalue weighted by Crippen LogP contribution is 2.39. The quantitative estimate of drug-likeness (QED) is 0.174. The van der Waals surface area contributed by atoms with E-state index in [9.17, 15) is 9.90 Å². The van der Waals surface area contributed by atoms with Crippen molar-refractivity contribution in [3.05, 3.63) is 120 Å². The van der Waals surface area contributed by atoms with Crippen LogP contribution in [0.2, 0.25) is 0 Å². The van der Waals surface area contributed by atoms with Crippen molar-refractivity contribution in [3.63, 3.8) is 0 Å². The molecule has 10 heteroatoms. The summed E-state index contributed by atoms with van der Waals surface area (Å²) in [6, 6.07) is 28.4. The SMILES string of the molecule is Cc1ccc(-n2nc(C(C)(C)C)cc2NC(=O)NC2CCC(Oc3ccc4nnc(-c5ccccc5O)n4c3)c3ccccc32)cc1. The maximum absolute atomic E-state index is 13.5. The van der Waals surface area contributed by atoms with E-state index in [1.54, 1.807) is 22.9 Å². The molecule has 2 atom stereocenters. The third-order valence-electron chi connectivity index (χ3n) is 8.54. The number of carbonyl (C=O) groups is 1. The summed E-state index contributed by atoms with van der Waals surface area (Å²) >= 11 is 0. The zero-order valence-electron chi connectivity index (χ0n) is 26.8. The molecule has 0 saturated carbocycles. The number of phenolic OH excluding ortho intramolecular Hbond substituents is 1. The first-order valence-corrected chi connectivity index (χ1v) is 15.8. The molecule has 0 spiro atoms. The van der Waals surface area contributed by atoms with Gasteiger partial charge in [0.25, 0.3) is 0 Å². The largest absolute Gasteiger partial charge is 0.507 e. The summed E-state index contributed by atoms with van der Waals surface area (Å²) in [6.45, 7) is 8.36. The molecule has 7 rings (SSSR count). The van der Waals surface area contributed by atoms with E-state index in [0.717, 1.165) is 28.1 Å². The number of benzene rings is 3. The second-order valence-electron chi connectivity index (χ2n) is 13.0. The Labute approximate surface area is 273 Å². The lowest BCUT2D eigenvalue weighted by Gasteiger charge is -2.32. The molecule has 3 N–H and O–H groups in total. The highest BCUT2D eigenvalue weighted by Gasteiger charge is 2.30. The van der Waals surface area contributed by atoms with Crippen molar-refractivity contribution in [1.29, 1.82) is 0 Å². The Balaban J connectivity index is 1.10. The van der Waals surface area contributed by atoms with Gasteiger partial charge in [-0.3, -0.25) is 9.72 Å². The fraction of sp³-hybridized carbons (Fsp3) is 0.243. The van der Waals surface area contributed by atoms with E-state index in [1.807, 2.05) is 84.3 Å². The third kappa shape index (κ3) is 6.02. The summed E-state index contributed by atoms with van der Waals surface area (Å²) in [5.74, 6) is 1.92. The van der Waals surface area contributed by atoms with Crippen molar-refractivity contribution in [2.45, 2.75) is 58.1 Å². The number of carbonyl (C=O) groups excluding carboxylic acids is 1. The number of nitrogens with zero attached hydrogens (tertiary/aromatic N) is 5. The van der Waals surface area contributed by atoms with Crippen LogP contribution < -0.4 is 15.4 Å². The number of rotatable bonds is 6. The number of aromatic nitrogens is 5. The van der Waals surface area contributed by atoms with E-state index in [4.69, 9.17) is 9.84 Å². The van der Waals surface area contributed by atoms with Crippen LogP contribution in [0.4, 0.5) is 10.6 Å². The molecule has 0 aliphatic heterocycles. The monoisotopic (exact) mass is 627 g/mol. The minimum Gasteiger partial charge on any atom is -0.507 e. The highest BCUT2D eigenvalue weighted by atomic mass is 16.5. The van der Waals surface area contributed by atoms with Crippen molar-refractivity contribution in [3.8, 4) is 28.6 Å². The lowest BCUT2D eigenvalue weighted by atomic mass is 9.85. The first-order chi connectivity index (χ1) is 22.6. The summed E-state index contributed by atoms with van der Waals surface area (Å²) in [7, 11) is 0. The van der Waals surface area contributed by atoms with Crippen molar-refractivity contribution in [2.75, 3.05) is 5.32 Å². The number of nitrogens with one attached hydrogen (secondary N) is 2. The number of pyridine rings is 1. The Morgan fingerprint density at radius 1 is 0.915 bits per heavy atom. The molecule has 3 heterocycles. The molecule has 1 aliphatic rings. The van der Waals surface area contributed by atoms with Crippen LogP contribution in [0.3, 0.4) is 0 Å². The second-order valence-corrected chi connectivity index (χ2v) is 13.0. The van der Waals surface area contributed by atoms with Gasteiger partial charge in [-0.2, -0.15) is 5.10 Å². The van der Waals surface area contributed by atoms with Gasteiger partial charge in [0.2, 0.25) is 0 Å². The number of hydrogen-bond acceptors (Lipinski definition) is 6. The van der Waals surface area contributed by atoms with Crippen LogP contribution in [0.15, 0.2) is 97.2 Å². The predicted octanol–water partition coefficient (Wildman–Crippen LogP) is 7.67.